The quantitative estimate of drug-likeness (QED) is 0.680. The number of urea groups is 1. The standard InChI is InChI=1S/C22H28FN3O4/c1-2-24-22(28)26(15-20-6-4-12-30-20)16-21(27)25(14-19-5-3-11-29-19)13-17-7-9-18(23)10-8-17/h3,5,7-11,20H,2,4,6,12-16H2,1H3,(H,24,28). The number of benzene rings is 1. The zero-order valence-electron chi connectivity index (χ0n) is 17.2. The van der Waals surface area contributed by atoms with Crippen LogP contribution >= 0.6 is 0 Å². The average molecular weight is 417 g/mol. The topological polar surface area (TPSA) is 75.0 Å². The van der Waals surface area contributed by atoms with Gasteiger partial charge < -0.3 is 24.3 Å². The smallest absolute Gasteiger partial charge is 0.317 e. The van der Waals surface area contributed by atoms with Gasteiger partial charge in [0.25, 0.3) is 0 Å². The van der Waals surface area contributed by atoms with Crippen LogP contribution in [0.3, 0.4) is 0 Å². The Kier molecular flexibility index (Phi) is 7.84. The van der Waals surface area contributed by atoms with Crippen molar-refractivity contribution in [2.75, 3.05) is 26.2 Å². The maximum absolute atomic E-state index is 13.3. The molecule has 1 unspecified atom stereocenters. The van der Waals surface area contributed by atoms with Crippen LogP contribution in [0.25, 0.3) is 0 Å². The van der Waals surface area contributed by atoms with Gasteiger partial charge in [-0.15, -0.1) is 0 Å². The molecule has 7 nitrogen and oxygen atoms in total. The molecule has 30 heavy (non-hydrogen) atoms. The first-order valence-corrected chi connectivity index (χ1v) is 10.2. The summed E-state index contributed by atoms with van der Waals surface area (Å²) in [5, 5.41) is 2.77. The lowest BCUT2D eigenvalue weighted by atomic mass is 10.2. The molecule has 8 heteroatoms. The lowest BCUT2D eigenvalue weighted by molar-refractivity contribution is -0.133. The third-order valence-electron chi connectivity index (χ3n) is 4.96. The number of nitrogens with one attached hydrogen (secondary N) is 1. The third kappa shape index (κ3) is 6.32. The Morgan fingerprint density at radius 2 is 1.97 bits per heavy atom. The number of halogens is 1. The van der Waals surface area contributed by atoms with E-state index in [9.17, 15) is 14.0 Å². The number of hydrogen-bond acceptors (Lipinski definition) is 4. The van der Waals surface area contributed by atoms with E-state index in [2.05, 4.69) is 5.32 Å². The van der Waals surface area contributed by atoms with Crippen molar-refractivity contribution in [1.29, 1.82) is 0 Å². The molecule has 1 aromatic carbocycles. The molecule has 1 fully saturated rings. The van der Waals surface area contributed by atoms with E-state index >= 15 is 0 Å². The summed E-state index contributed by atoms with van der Waals surface area (Å²) >= 11 is 0. The van der Waals surface area contributed by atoms with E-state index in [1.165, 1.54) is 17.0 Å². The van der Waals surface area contributed by atoms with Crippen molar-refractivity contribution >= 4 is 11.9 Å². The summed E-state index contributed by atoms with van der Waals surface area (Å²) in [4.78, 5) is 28.8. The lowest BCUT2D eigenvalue weighted by Crippen LogP contribution is -2.49. The van der Waals surface area contributed by atoms with Gasteiger partial charge >= 0.3 is 6.03 Å². The Balaban J connectivity index is 1.72. The fourth-order valence-corrected chi connectivity index (χ4v) is 3.41. The van der Waals surface area contributed by atoms with Crippen LogP contribution < -0.4 is 5.32 Å². The summed E-state index contributed by atoms with van der Waals surface area (Å²) in [6, 6.07) is 9.28. The van der Waals surface area contributed by atoms with E-state index in [0.29, 0.717) is 25.5 Å². The maximum atomic E-state index is 13.3. The van der Waals surface area contributed by atoms with Crippen LogP contribution in [-0.2, 0) is 22.6 Å². The molecular weight excluding hydrogens is 389 g/mol. The summed E-state index contributed by atoms with van der Waals surface area (Å²) in [7, 11) is 0. The van der Waals surface area contributed by atoms with Gasteiger partial charge in [0.05, 0.1) is 18.9 Å². The molecule has 1 saturated heterocycles. The molecule has 0 aliphatic carbocycles. The number of furan rings is 1. The van der Waals surface area contributed by atoms with Crippen LogP contribution in [0, 0.1) is 5.82 Å². The van der Waals surface area contributed by atoms with Crippen molar-refractivity contribution < 1.29 is 23.1 Å². The third-order valence-corrected chi connectivity index (χ3v) is 4.96. The van der Waals surface area contributed by atoms with Gasteiger partial charge in [0.15, 0.2) is 0 Å². The first kappa shape index (κ1) is 21.8. The van der Waals surface area contributed by atoms with E-state index in [0.717, 1.165) is 18.4 Å². The van der Waals surface area contributed by atoms with Crippen molar-refractivity contribution in [2.24, 2.45) is 0 Å². The Morgan fingerprint density at radius 1 is 1.17 bits per heavy atom. The van der Waals surface area contributed by atoms with E-state index < -0.39 is 0 Å². The zero-order chi connectivity index (χ0) is 21.3. The fraction of sp³-hybridized carbons (Fsp3) is 0.455. The summed E-state index contributed by atoms with van der Waals surface area (Å²) < 4.78 is 24.3. The van der Waals surface area contributed by atoms with Gasteiger partial charge in [0.2, 0.25) is 5.91 Å². The number of carbonyl (C=O) groups excluding carboxylic acids is 2. The van der Waals surface area contributed by atoms with E-state index in [1.807, 2.05) is 6.92 Å². The van der Waals surface area contributed by atoms with Crippen molar-refractivity contribution in [1.82, 2.24) is 15.1 Å². The van der Waals surface area contributed by atoms with Gasteiger partial charge in [0.1, 0.15) is 18.1 Å². The summed E-state index contributed by atoms with van der Waals surface area (Å²) in [6.07, 6.45) is 3.32. The van der Waals surface area contributed by atoms with Crippen LogP contribution in [0.1, 0.15) is 31.1 Å². The normalized spacial score (nSPS) is 15.7. The van der Waals surface area contributed by atoms with Crippen molar-refractivity contribution in [3.05, 3.63) is 59.8 Å². The Bertz CT molecular complexity index is 804. The van der Waals surface area contributed by atoms with Crippen molar-refractivity contribution in [2.45, 2.75) is 39.0 Å². The van der Waals surface area contributed by atoms with Crippen LogP contribution in [0.4, 0.5) is 9.18 Å². The Morgan fingerprint density at radius 3 is 2.60 bits per heavy atom. The summed E-state index contributed by atoms with van der Waals surface area (Å²) in [6.45, 7) is 3.81. The highest BCUT2D eigenvalue weighted by Gasteiger charge is 2.26. The van der Waals surface area contributed by atoms with E-state index in [4.69, 9.17) is 9.15 Å². The van der Waals surface area contributed by atoms with Crippen molar-refractivity contribution in [3.8, 4) is 0 Å². The second-order valence-electron chi connectivity index (χ2n) is 7.31. The monoisotopic (exact) mass is 417 g/mol. The molecule has 1 aliphatic heterocycles. The molecule has 0 spiro atoms. The molecule has 1 atom stereocenters. The lowest BCUT2D eigenvalue weighted by Gasteiger charge is -2.29. The number of nitrogens with zero attached hydrogens (tertiary/aromatic N) is 2. The van der Waals surface area contributed by atoms with Gasteiger partial charge in [-0.2, -0.15) is 0 Å². The molecule has 1 aliphatic rings. The molecule has 162 valence electrons. The second-order valence-corrected chi connectivity index (χ2v) is 7.31. The molecule has 2 aromatic rings. The predicted octanol–water partition coefficient (Wildman–Crippen LogP) is 3.16. The molecule has 3 rings (SSSR count). The number of amides is 3. The molecule has 3 amide bonds. The first-order chi connectivity index (χ1) is 14.5. The van der Waals surface area contributed by atoms with E-state index in [1.54, 1.807) is 35.4 Å². The average Bonchev–Trinajstić information content (AvgIpc) is 3.43. The predicted molar refractivity (Wildman–Crippen MR) is 109 cm³/mol. The molecule has 1 aromatic heterocycles. The summed E-state index contributed by atoms with van der Waals surface area (Å²) in [5.74, 6) is 0.0794. The summed E-state index contributed by atoms with van der Waals surface area (Å²) in [5.41, 5.74) is 0.792. The zero-order valence-corrected chi connectivity index (χ0v) is 17.2. The Labute approximate surface area is 175 Å². The molecule has 0 radical (unpaired) electrons. The SMILES string of the molecule is CCNC(=O)N(CC(=O)N(Cc1ccc(F)cc1)Cc1ccco1)CC1CCCO1. The minimum Gasteiger partial charge on any atom is -0.467 e. The van der Waals surface area contributed by atoms with Crippen LogP contribution in [-0.4, -0.2) is 54.1 Å². The number of hydrogen-bond donors (Lipinski definition) is 1. The molecule has 1 N–H and O–H groups in total. The number of ether oxygens (including phenoxy) is 1. The Hall–Kier alpha value is -2.87. The molecule has 0 saturated carbocycles. The van der Waals surface area contributed by atoms with Crippen LogP contribution in [0.15, 0.2) is 47.1 Å². The van der Waals surface area contributed by atoms with E-state index in [-0.39, 0.29) is 43.5 Å². The van der Waals surface area contributed by atoms with Gasteiger partial charge in [-0.25, -0.2) is 9.18 Å². The molecular formula is C22H28FN3O4. The largest absolute Gasteiger partial charge is 0.467 e. The van der Waals surface area contributed by atoms with Gasteiger partial charge in [0, 0.05) is 26.2 Å². The first-order valence-electron chi connectivity index (χ1n) is 10.2. The number of rotatable bonds is 9. The van der Waals surface area contributed by atoms with Gasteiger partial charge in [-0.1, -0.05) is 12.1 Å². The maximum Gasteiger partial charge on any atom is 0.317 e. The minimum atomic E-state index is -0.332. The molecule has 0 bridgehead atoms. The highest BCUT2D eigenvalue weighted by atomic mass is 19.1. The van der Waals surface area contributed by atoms with Crippen LogP contribution in [0.5, 0.6) is 0 Å². The highest BCUT2D eigenvalue weighted by Crippen LogP contribution is 2.15. The number of carbonyl (C=O) groups is 2. The van der Waals surface area contributed by atoms with Gasteiger partial charge in [-0.05, 0) is 49.6 Å². The fourth-order valence-electron chi connectivity index (χ4n) is 3.41. The van der Waals surface area contributed by atoms with Crippen molar-refractivity contribution in [3.63, 3.8) is 0 Å². The van der Waals surface area contributed by atoms with Crippen LogP contribution in [0.2, 0.25) is 0 Å². The highest BCUT2D eigenvalue weighted by molar-refractivity contribution is 5.84. The molecule has 2 heterocycles. The minimum absolute atomic E-state index is 0.0592. The second kappa shape index (κ2) is 10.8. The van der Waals surface area contributed by atoms with Gasteiger partial charge in [-0.3, -0.25) is 4.79 Å².